The molecule has 1 aliphatic rings. The summed E-state index contributed by atoms with van der Waals surface area (Å²) in [6, 6.07) is 11.6. The SMILES string of the molecule is COc1cccc(CN2CCN(c3ncccc3Br)CC2=O)c1. The highest BCUT2D eigenvalue weighted by atomic mass is 79.9. The topological polar surface area (TPSA) is 45.7 Å². The molecule has 1 aromatic carbocycles. The Balaban J connectivity index is 1.67. The second-order valence-electron chi connectivity index (χ2n) is 5.40. The van der Waals surface area contributed by atoms with E-state index in [1.165, 1.54) is 0 Å². The Morgan fingerprint density at radius 2 is 2.13 bits per heavy atom. The van der Waals surface area contributed by atoms with Crippen LogP contribution in [0.25, 0.3) is 0 Å². The molecular formula is C17H18BrN3O2. The standard InChI is InChI=1S/C17H18BrN3O2/c1-23-14-5-2-4-13(10-14)11-20-8-9-21(12-16(20)22)17-15(18)6-3-7-19-17/h2-7,10H,8-9,11-12H2,1H3. The van der Waals surface area contributed by atoms with Crippen molar-refractivity contribution in [3.05, 3.63) is 52.6 Å². The van der Waals surface area contributed by atoms with Crippen LogP contribution in [0.2, 0.25) is 0 Å². The number of anilines is 1. The van der Waals surface area contributed by atoms with Crippen molar-refractivity contribution in [2.45, 2.75) is 6.54 Å². The van der Waals surface area contributed by atoms with Gasteiger partial charge in [0, 0.05) is 25.8 Å². The molecule has 5 nitrogen and oxygen atoms in total. The molecule has 0 radical (unpaired) electrons. The van der Waals surface area contributed by atoms with Crippen LogP contribution in [-0.4, -0.2) is 42.5 Å². The van der Waals surface area contributed by atoms with Crippen molar-refractivity contribution in [1.82, 2.24) is 9.88 Å². The summed E-state index contributed by atoms with van der Waals surface area (Å²) in [5, 5.41) is 0. The lowest BCUT2D eigenvalue weighted by Gasteiger charge is -2.35. The number of benzene rings is 1. The van der Waals surface area contributed by atoms with Gasteiger partial charge in [0.05, 0.1) is 18.1 Å². The first kappa shape index (κ1) is 15.8. The van der Waals surface area contributed by atoms with Gasteiger partial charge in [-0.05, 0) is 45.8 Å². The molecule has 6 heteroatoms. The molecule has 1 fully saturated rings. The molecule has 1 saturated heterocycles. The largest absolute Gasteiger partial charge is 0.497 e. The number of halogens is 1. The van der Waals surface area contributed by atoms with Crippen molar-refractivity contribution >= 4 is 27.7 Å². The van der Waals surface area contributed by atoms with Crippen LogP contribution in [-0.2, 0) is 11.3 Å². The Morgan fingerprint density at radius 1 is 1.26 bits per heavy atom. The van der Waals surface area contributed by atoms with Crippen LogP contribution in [0.3, 0.4) is 0 Å². The van der Waals surface area contributed by atoms with E-state index in [0.717, 1.165) is 28.1 Å². The number of amides is 1. The van der Waals surface area contributed by atoms with Crippen LogP contribution in [0.15, 0.2) is 47.1 Å². The third kappa shape index (κ3) is 3.64. The highest BCUT2D eigenvalue weighted by molar-refractivity contribution is 9.10. The zero-order valence-electron chi connectivity index (χ0n) is 12.9. The van der Waals surface area contributed by atoms with Gasteiger partial charge in [-0.15, -0.1) is 0 Å². The molecule has 0 unspecified atom stereocenters. The first-order valence-corrected chi connectivity index (χ1v) is 8.23. The maximum absolute atomic E-state index is 12.5. The lowest BCUT2D eigenvalue weighted by Crippen LogP contribution is -2.50. The fourth-order valence-electron chi connectivity index (χ4n) is 2.66. The second kappa shape index (κ2) is 7.00. The Labute approximate surface area is 144 Å². The van der Waals surface area contributed by atoms with Crippen LogP contribution >= 0.6 is 15.9 Å². The van der Waals surface area contributed by atoms with Crippen molar-refractivity contribution in [2.24, 2.45) is 0 Å². The molecule has 0 bridgehead atoms. The number of carbonyl (C=O) groups is 1. The highest BCUT2D eigenvalue weighted by Gasteiger charge is 2.25. The van der Waals surface area contributed by atoms with Crippen molar-refractivity contribution in [2.75, 3.05) is 31.6 Å². The number of methoxy groups -OCH3 is 1. The summed E-state index contributed by atoms with van der Waals surface area (Å²) in [5.41, 5.74) is 1.07. The zero-order valence-corrected chi connectivity index (χ0v) is 14.5. The van der Waals surface area contributed by atoms with Crippen LogP contribution in [0.1, 0.15) is 5.56 Å². The molecule has 2 aromatic rings. The summed E-state index contributed by atoms with van der Waals surface area (Å²) >= 11 is 3.49. The summed E-state index contributed by atoms with van der Waals surface area (Å²) in [4.78, 5) is 20.7. The van der Waals surface area contributed by atoms with Gasteiger partial charge in [0.1, 0.15) is 11.6 Å². The van der Waals surface area contributed by atoms with Crippen LogP contribution < -0.4 is 9.64 Å². The van der Waals surface area contributed by atoms with Crippen molar-refractivity contribution in [1.29, 1.82) is 0 Å². The molecule has 3 rings (SSSR count). The van der Waals surface area contributed by atoms with E-state index in [1.807, 2.05) is 46.2 Å². The molecular weight excluding hydrogens is 358 g/mol. The average Bonchev–Trinajstić information content (AvgIpc) is 2.57. The zero-order chi connectivity index (χ0) is 16.2. The van der Waals surface area contributed by atoms with Gasteiger partial charge in [-0.3, -0.25) is 4.79 Å². The summed E-state index contributed by atoms with van der Waals surface area (Å²) in [6.07, 6.45) is 1.74. The van der Waals surface area contributed by atoms with Gasteiger partial charge in [-0.1, -0.05) is 12.1 Å². The molecule has 1 aliphatic heterocycles. The molecule has 23 heavy (non-hydrogen) atoms. The number of nitrogens with zero attached hydrogens (tertiary/aromatic N) is 3. The van der Waals surface area contributed by atoms with E-state index in [-0.39, 0.29) is 5.91 Å². The Morgan fingerprint density at radius 3 is 2.87 bits per heavy atom. The molecule has 0 atom stereocenters. The molecule has 0 N–H and O–H groups in total. The molecule has 1 aromatic heterocycles. The van der Waals surface area contributed by atoms with E-state index >= 15 is 0 Å². The van der Waals surface area contributed by atoms with Crippen molar-refractivity contribution in [3.8, 4) is 5.75 Å². The lowest BCUT2D eigenvalue weighted by atomic mass is 10.2. The number of hydrogen-bond donors (Lipinski definition) is 0. The molecule has 0 saturated carbocycles. The normalized spacial score (nSPS) is 15.0. The summed E-state index contributed by atoms with van der Waals surface area (Å²) < 4.78 is 6.14. The second-order valence-corrected chi connectivity index (χ2v) is 6.25. The molecule has 0 spiro atoms. The van der Waals surface area contributed by atoms with E-state index in [9.17, 15) is 4.79 Å². The predicted octanol–water partition coefficient (Wildman–Crippen LogP) is 2.70. The lowest BCUT2D eigenvalue weighted by molar-refractivity contribution is -0.131. The predicted molar refractivity (Wildman–Crippen MR) is 92.6 cm³/mol. The molecule has 120 valence electrons. The fourth-order valence-corrected chi connectivity index (χ4v) is 3.16. The monoisotopic (exact) mass is 375 g/mol. The minimum absolute atomic E-state index is 0.108. The Bertz CT molecular complexity index is 708. The maximum atomic E-state index is 12.5. The molecule has 0 aliphatic carbocycles. The molecule has 2 heterocycles. The Kier molecular flexibility index (Phi) is 4.81. The van der Waals surface area contributed by atoms with Gasteiger partial charge < -0.3 is 14.5 Å². The van der Waals surface area contributed by atoms with E-state index in [2.05, 4.69) is 20.9 Å². The Hall–Kier alpha value is -2.08. The van der Waals surface area contributed by atoms with E-state index in [0.29, 0.717) is 19.6 Å². The van der Waals surface area contributed by atoms with Crippen LogP contribution in [0.4, 0.5) is 5.82 Å². The van der Waals surface area contributed by atoms with Crippen molar-refractivity contribution < 1.29 is 9.53 Å². The maximum Gasteiger partial charge on any atom is 0.242 e. The van der Waals surface area contributed by atoms with Crippen LogP contribution in [0, 0.1) is 0 Å². The number of aromatic nitrogens is 1. The van der Waals surface area contributed by atoms with Gasteiger partial charge in [0.2, 0.25) is 5.91 Å². The van der Waals surface area contributed by atoms with Gasteiger partial charge in [-0.25, -0.2) is 4.98 Å². The summed E-state index contributed by atoms with van der Waals surface area (Å²) in [5.74, 6) is 1.74. The average molecular weight is 376 g/mol. The third-order valence-corrected chi connectivity index (χ3v) is 4.48. The fraction of sp³-hybridized carbons (Fsp3) is 0.294. The van der Waals surface area contributed by atoms with Crippen LogP contribution in [0.5, 0.6) is 5.75 Å². The number of carbonyl (C=O) groups excluding carboxylic acids is 1. The number of ether oxygens (including phenoxy) is 1. The highest BCUT2D eigenvalue weighted by Crippen LogP contribution is 2.24. The van der Waals surface area contributed by atoms with E-state index in [1.54, 1.807) is 13.3 Å². The quantitative estimate of drug-likeness (QED) is 0.823. The smallest absolute Gasteiger partial charge is 0.242 e. The first-order valence-electron chi connectivity index (χ1n) is 7.43. The number of hydrogen-bond acceptors (Lipinski definition) is 4. The summed E-state index contributed by atoms with van der Waals surface area (Å²) in [7, 11) is 1.65. The number of pyridine rings is 1. The third-order valence-electron chi connectivity index (χ3n) is 3.86. The first-order chi connectivity index (χ1) is 11.2. The van der Waals surface area contributed by atoms with E-state index in [4.69, 9.17) is 4.74 Å². The molecule has 1 amide bonds. The summed E-state index contributed by atoms with van der Waals surface area (Å²) in [6.45, 7) is 2.40. The number of rotatable bonds is 4. The minimum Gasteiger partial charge on any atom is -0.497 e. The minimum atomic E-state index is 0.108. The van der Waals surface area contributed by atoms with Gasteiger partial charge in [0.15, 0.2) is 0 Å². The number of piperazine rings is 1. The van der Waals surface area contributed by atoms with E-state index < -0.39 is 0 Å². The van der Waals surface area contributed by atoms with Gasteiger partial charge in [0.25, 0.3) is 0 Å². The van der Waals surface area contributed by atoms with Gasteiger partial charge >= 0.3 is 0 Å². The van der Waals surface area contributed by atoms with Crippen molar-refractivity contribution in [3.63, 3.8) is 0 Å². The van der Waals surface area contributed by atoms with Gasteiger partial charge in [-0.2, -0.15) is 0 Å².